The lowest BCUT2D eigenvalue weighted by molar-refractivity contribution is -0.117. The number of aromatic nitrogens is 1. The fourth-order valence-electron chi connectivity index (χ4n) is 3.41. The van der Waals surface area contributed by atoms with Crippen LogP contribution < -0.4 is 26.8 Å². The Bertz CT molecular complexity index is 1110. The van der Waals surface area contributed by atoms with Crippen LogP contribution in [-0.2, 0) is 11.2 Å². The molecule has 0 aliphatic carbocycles. The Morgan fingerprint density at radius 3 is 2.50 bits per heavy atom. The quantitative estimate of drug-likeness (QED) is 0.438. The number of hydrogen-bond acceptors (Lipinski definition) is 8. The van der Waals surface area contributed by atoms with Crippen molar-refractivity contribution >= 4 is 29.5 Å². The first kappa shape index (κ1) is 22.9. The van der Waals surface area contributed by atoms with Crippen LogP contribution in [0.5, 0.6) is 0 Å². The summed E-state index contributed by atoms with van der Waals surface area (Å²) in [4.78, 5) is 30.0. The van der Waals surface area contributed by atoms with Gasteiger partial charge in [0.1, 0.15) is 34.4 Å². The summed E-state index contributed by atoms with van der Waals surface area (Å²) >= 11 is 1.08. The number of nitrogens with two attached hydrogens (primary N) is 1. The Morgan fingerprint density at radius 2 is 1.97 bits per heavy atom. The van der Waals surface area contributed by atoms with Gasteiger partial charge >= 0.3 is 6.03 Å². The van der Waals surface area contributed by atoms with Crippen LogP contribution >= 0.6 is 11.8 Å². The first-order chi connectivity index (χ1) is 15.4. The molecule has 1 aromatic carbocycles. The van der Waals surface area contributed by atoms with Crippen molar-refractivity contribution in [2.24, 2.45) is 5.73 Å². The largest absolute Gasteiger partial charge is 0.368 e. The predicted octanol–water partition coefficient (Wildman–Crippen LogP) is 1.29. The van der Waals surface area contributed by atoms with Crippen LogP contribution in [0.15, 0.2) is 35.4 Å². The average molecular weight is 451 g/mol. The topological polar surface area (TPSA) is 160 Å². The average Bonchev–Trinajstić information content (AvgIpc) is 3.20. The molecule has 0 bridgehead atoms. The summed E-state index contributed by atoms with van der Waals surface area (Å²) in [6, 6.07) is 13.0. The van der Waals surface area contributed by atoms with E-state index in [-0.39, 0.29) is 17.2 Å². The molecule has 2 aromatic rings. The van der Waals surface area contributed by atoms with E-state index in [0.717, 1.165) is 11.8 Å². The second-order valence-corrected chi connectivity index (χ2v) is 8.13. The number of carbonyl (C=O) groups is 2. The molecular formula is C21H22N8O2S. The number of thioether (sulfide) groups is 1. The molecule has 2 heterocycles. The van der Waals surface area contributed by atoms with Crippen LogP contribution in [0.1, 0.15) is 34.4 Å². The summed E-state index contributed by atoms with van der Waals surface area (Å²) in [5.41, 5.74) is 12.7. The second-order valence-electron chi connectivity index (χ2n) is 7.03. The molecule has 3 rings (SSSR count). The summed E-state index contributed by atoms with van der Waals surface area (Å²) in [5.74, 6) is -0.210. The van der Waals surface area contributed by atoms with Gasteiger partial charge in [-0.1, -0.05) is 49.0 Å². The van der Waals surface area contributed by atoms with Gasteiger partial charge in [0, 0.05) is 7.05 Å². The number of amides is 3. The smallest absolute Gasteiger partial charge is 0.330 e. The van der Waals surface area contributed by atoms with E-state index in [2.05, 4.69) is 33.3 Å². The lowest BCUT2D eigenvalue weighted by atomic mass is 10.0. The third-order valence-corrected chi connectivity index (χ3v) is 6.16. The van der Waals surface area contributed by atoms with E-state index in [4.69, 9.17) is 5.73 Å². The summed E-state index contributed by atoms with van der Waals surface area (Å²) in [7, 11) is 1.73. The zero-order valence-corrected chi connectivity index (χ0v) is 18.4. The highest BCUT2D eigenvalue weighted by atomic mass is 32.2. The number of pyridine rings is 1. The van der Waals surface area contributed by atoms with Crippen LogP contribution in [0.2, 0.25) is 0 Å². The molecule has 10 nitrogen and oxygen atoms in total. The summed E-state index contributed by atoms with van der Waals surface area (Å²) in [5, 5.41) is 21.9. The van der Waals surface area contributed by atoms with Gasteiger partial charge < -0.3 is 16.0 Å². The maximum absolute atomic E-state index is 12.2. The zero-order valence-electron chi connectivity index (χ0n) is 17.5. The molecule has 1 fully saturated rings. The molecule has 1 saturated heterocycles. The van der Waals surface area contributed by atoms with Crippen LogP contribution in [0.3, 0.4) is 0 Å². The number of urea groups is 1. The highest BCUT2D eigenvalue weighted by molar-refractivity contribution is 8.00. The van der Waals surface area contributed by atoms with E-state index in [1.165, 1.54) is 0 Å². The molecule has 0 radical (unpaired) electrons. The molecule has 11 heteroatoms. The van der Waals surface area contributed by atoms with Crippen molar-refractivity contribution in [3.05, 3.63) is 52.6 Å². The number of nitrogens with one attached hydrogen (secondary N) is 3. The Morgan fingerprint density at radius 1 is 1.28 bits per heavy atom. The van der Waals surface area contributed by atoms with Gasteiger partial charge in [0.25, 0.3) is 0 Å². The van der Waals surface area contributed by atoms with E-state index < -0.39 is 17.3 Å². The van der Waals surface area contributed by atoms with Gasteiger partial charge in [-0.3, -0.25) is 10.2 Å². The van der Waals surface area contributed by atoms with E-state index in [0.29, 0.717) is 34.9 Å². The molecule has 1 aromatic heterocycles. The van der Waals surface area contributed by atoms with Gasteiger partial charge in [-0.2, -0.15) is 10.5 Å². The number of primary amides is 1. The lowest BCUT2D eigenvalue weighted by Crippen LogP contribution is -2.44. The number of hydrogen-bond donors (Lipinski definition) is 4. The maximum atomic E-state index is 12.2. The number of anilines is 1. The third kappa shape index (κ3) is 4.75. The number of hydrazine groups is 1. The third-order valence-electron chi connectivity index (χ3n) is 4.90. The fourth-order valence-corrected chi connectivity index (χ4v) is 4.47. The fraction of sp³-hybridized carbons (Fsp3) is 0.286. The van der Waals surface area contributed by atoms with Gasteiger partial charge in [-0.15, -0.1) is 0 Å². The van der Waals surface area contributed by atoms with Crippen LogP contribution in [0, 0.1) is 22.7 Å². The van der Waals surface area contributed by atoms with Crippen molar-refractivity contribution in [3.8, 4) is 12.1 Å². The van der Waals surface area contributed by atoms with Crippen molar-refractivity contribution in [2.75, 3.05) is 18.5 Å². The number of rotatable bonds is 8. The number of nitriles is 2. The van der Waals surface area contributed by atoms with Crippen LogP contribution in [0.4, 0.5) is 10.6 Å². The first-order valence-corrected chi connectivity index (χ1v) is 10.7. The molecule has 2 atom stereocenters. The number of benzene rings is 1. The molecule has 3 amide bonds. The number of likely N-dealkylation sites (N-methyl/N-ethyl adjacent to an activating group) is 1. The van der Waals surface area contributed by atoms with Crippen molar-refractivity contribution in [2.45, 2.75) is 29.8 Å². The zero-order chi connectivity index (χ0) is 23.3. The van der Waals surface area contributed by atoms with Crippen molar-refractivity contribution in [1.29, 1.82) is 10.5 Å². The Hall–Kier alpha value is -3.80. The first-order valence-electron chi connectivity index (χ1n) is 9.80. The van der Waals surface area contributed by atoms with Gasteiger partial charge in [-0.05, 0) is 17.5 Å². The summed E-state index contributed by atoms with van der Waals surface area (Å²) in [6.07, 6.45) is 0.0234. The molecule has 164 valence electrons. The summed E-state index contributed by atoms with van der Waals surface area (Å²) in [6.45, 7) is 2.15. The van der Waals surface area contributed by atoms with Crippen molar-refractivity contribution < 1.29 is 9.59 Å². The minimum Gasteiger partial charge on any atom is -0.368 e. The second kappa shape index (κ2) is 10.0. The number of carbonyl (C=O) groups excluding carboxylic acids is 2. The van der Waals surface area contributed by atoms with Gasteiger partial charge in [0.2, 0.25) is 5.91 Å². The SMILES string of the molecule is CCc1c(C#N)c(SC(C(N)=O)c2ccccc2)nc(N(C)CC2NNC(=O)N2)c1C#N. The molecule has 1 aliphatic rings. The van der Waals surface area contributed by atoms with E-state index in [1.807, 2.05) is 13.0 Å². The van der Waals surface area contributed by atoms with E-state index in [1.54, 1.807) is 36.2 Å². The summed E-state index contributed by atoms with van der Waals surface area (Å²) < 4.78 is 0. The van der Waals surface area contributed by atoms with Gasteiger partial charge in [-0.25, -0.2) is 15.2 Å². The monoisotopic (exact) mass is 450 g/mol. The standard InChI is InChI=1S/C21H22N8O2S/c1-3-13-14(9-22)19(29(2)11-16-25-21(31)28-27-16)26-20(15(13)10-23)32-17(18(24)30)12-7-5-4-6-8-12/h4-8,16-17,27H,3,11H2,1-2H3,(H2,24,30)(H2,25,28,31). The molecule has 0 spiro atoms. The normalized spacial score (nSPS) is 15.8. The minimum atomic E-state index is -0.758. The van der Waals surface area contributed by atoms with E-state index in [9.17, 15) is 20.1 Å². The van der Waals surface area contributed by atoms with Crippen molar-refractivity contribution in [3.63, 3.8) is 0 Å². The van der Waals surface area contributed by atoms with Crippen LogP contribution in [0.25, 0.3) is 0 Å². The van der Waals surface area contributed by atoms with Crippen molar-refractivity contribution in [1.82, 2.24) is 21.2 Å². The minimum absolute atomic E-state index is 0.252. The molecular weight excluding hydrogens is 428 g/mol. The lowest BCUT2D eigenvalue weighted by Gasteiger charge is -2.25. The van der Waals surface area contributed by atoms with E-state index >= 15 is 0 Å². The maximum Gasteiger partial charge on any atom is 0.330 e. The van der Waals surface area contributed by atoms with Gasteiger partial charge in [0.05, 0.1) is 17.7 Å². The predicted molar refractivity (Wildman–Crippen MR) is 119 cm³/mol. The molecule has 1 aliphatic heterocycles. The Kier molecular flexibility index (Phi) is 7.15. The molecule has 0 saturated carbocycles. The Labute approximate surface area is 189 Å². The Balaban J connectivity index is 2.06. The highest BCUT2D eigenvalue weighted by Crippen LogP contribution is 2.39. The molecule has 2 unspecified atom stereocenters. The van der Waals surface area contributed by atoms with Crippen LogP contribution in [-0.4, -0.2) is 36.7 Å². The highest BCUT2D eigenvalue weighted by Gasteiger charge is 2.28. The number of nitrogens with zero attached hydrogens (tertiary/aromatic N) is 4. The van der Waals surface area contributed by atoms with Gasteiger partial charge in [0.15, 0.2) is 0 Å². The molecule has 5 N–H and O–H groups in total. The molecule has 32 heavy (non-hydrogen) atoms.